The third-order valence-electron chi connectivity index (χ3n) is 22.2. The van der Waals surface area contributed by atoms with Crippen LogP contribution in [0.5, 0.6) is 46.0 Å². The number of carbonyl (C=O) groups excluding carboxylic acids is 7. The third-order valence-corrected chi connectivity index (χ3v) is 24.7. The largest absolute Gasteiger partial charge is 0.508 e. The highest BCUT2D eigenvalue weighted by Gasteiger charge is 2.53. The molecule has 23 atom stereocenters. The Morgan fingerprint density at radius 2 is 1.29 bits per heavy atom. The molecule has 8 aliphatic rings. The van der Waals surface area contributed by atoms with Crippen molar-refractivity contribution < 1.29 is 138 Å². The summed E-state index contributed by atoms with van der Waals surface area (Å²) in [6.45, 7) is 5.42. The predicted molar refractivity (Wildman–Crippen MR) is 446 cm³/mol. The first-order valence-electron chi connectivity index (χ1n) is 39.6. The smallest absolute Gasteiger partial charge is 0.330 e. The molecule has 24 N–H and O–H groups in total. The van der Waals surface area contributed by atoms with Crippen LogP contribution in [0.25, 0.3) is 21.6 Å². The number of thiophene rings is 1. The number of phenolic OH excluding ortho intramolecular Hbond substituents is 3. The average molecular weight is 1850 g/mol. The minimum absolute atomic E-state index is 0.131. The lowest BCUT2D eigenvalue weighted by Crippen LogP contribution is -2.65. The van der Waals surface area contributed by atoms with Gasteiger partial charge in [-0.25, -0.2) is 4.79 Å². The summed E-state index contributed by atoms with van der Waals surface area (Å²) in [5, 5.41) is 160. The number of ether oxygens (including phenoxy) is 8. The zero-order valence-electron chi connectivity index (χ0n) is 67.4. The third kappa shape index (κ3) is 20.3. The van der Waals surface area contributed by atoms with E-state index in [1.165, 1.54) is 44.4 Å². The van der Waals surface area contributed by atoms with E-state index in [1.807, 2.05) is 12.1 Å². The monoisotopic (exact) mass is 1850 g/mol. The summed E-state index contributed by atoms with van der Waals surface area (Å²) in [5.74, 6) is -16.7. The van der Waals surface area contributed by atoms with Gasteiger partial charge in [0, 0.05) is 57.6 Å². The molecule has 15 rings (SSSR count). The van der Waals surface area contributed by atoms with Crippen LogP contribution in [0.2, 0.25) is 20.1 Å². The number of benzene rings is 6. The van der Waals surface area contributed by atoms with Crippen LogP contribution in [-0.2, 0) is 68.6 Å². The van der Waals surface area contributed by atoms with Crippen LogP contribution in [-0.4, -0.2) is 238 Å². The van der Waals surface area contributed by atoms with Gasteiger partial charge in [-0.15, -0.1) is 11.3 Å². The molecule has 38 nitrogen and oxygen atoms in total. The molecule has 126 heavy (non-hydrogen) atoms. The van der Waals surface area contributed by atoms with Crippen molar-refractivity contribution in [3.05, 3.63) is 162 Å². The van der Waals surface area contributed by atoms with E-state index < -0.39 is 284 Å². The van der Waals surface area contributed by atoms with Crippen molar-refractivity contribution in [2.24, 2.45) is 17.4 Å². The summed E-state index contributed by atoms with van der Waals surface area (Å²) in [6.07, 6.45) is -29.2. The van der Waals surface area contributed by atoms with Gasteiger partial charge in [0.2, 0.25) is 53.4 Å². The van der Waals surface area contributed by atoms with Gasteiger partial charge in [-0.1, -0.05) is 84.5 Å². The topological polar surface area (TPSA) is 601 Å². The first-order chi connectivity index (χ1) is 59.7. The molecular weight excluding hydrogens is 1760 g/mol. The summed E-state index contributed by atoms with van der Waals surface area (Å²) < 4.78 is 51.2. The second-order valence-corrected chi connectivity index (χ2v) is 34.7. The van der Waals surface area contributed by atoms with Gasteiger partial charge in [0.25, 0.3) is 0 Å². The molecule has 9 heterocycles. The standard InChI is InChI=1S/C83H92Cl4N10O28S/c1-30(2)16-45(90-5)74(110)96-62-64(103)34-8-13-49(43(86)19-34)119-51-21-36-22-52(71(51)124-82-69(108)67(106)72(54(29-98)122-82)125-81-68(107)66(105)65(104)53(121-81)28-91-27-38-10-15-55(126-38)32-6-11-41(84)42(85)18-32)120-50-14-9-35(20-44(50)87)70(123-57-26-83(4,89)73(109)31(3)118-57)63-79(115)95-61(80(116)117)40-23-37(99)24-48(101)58(40)39-17-33(7-12-47(39)100)59(76(112)97-63)94-77(113)60(36)93-75(111)46(25-56(88)102)92-78(62)114/h6-15,17-24,30-31,45-46,53-54,57,59-70,72-73,81-82,90-91,98-101,103-109H,16,25-29,89H2,1-5H3,(H2,88,102)(H,92,114)(H,93,111)(H,94,113)(H,95,115)(H,96,110)(H,97,112)(H,116,117)/t31-,45+,46?,53+,54+,57?,59?,60+,61?,62?,63-,64+,65-,66-,67+,68+,69+,70+,72+,73-,81-,82-,83-/m0/s1. The Labute approximate surface area is 741 Å². The molecule has 7 aromatic rings. The normalized spacial score (nSPS) is 29.6. The van der Waals surface area contributed by atoms with Crippen LogP contribution in [0.15, 0.2) is 109 Å². The molecule has 8 aliphatic heterocycles. The fourth-order valence-corrected chi connectivity index (χ4v) is 17.3. The number of aliphatic hydroxyl groups excluding tert-OH is 8. The lowest BCUT2D eigenvalue weighted by molar-refractivity contribution is -0.350. The van der Waals surface area contributed by atoms with Gasteiger partial charge in [-0.2, -0.15) is 0 Å². The molecule has 3 saturated heterocycles. The lowest BCUT2D eigenvalue weighted by atomic mass is 9.86. The van der Waals surface area contributed by atoms with E-state index in [-0.39, 0.29) is 43.0 Å². The highest BCUT2D eigenvalue weighted by Crippen LogP contribution is 2.51. The van der Waals surface area contributed by atoms with E-state index in [0.29, 0.717) is 10.0 Å². The maximum Gasteiger partial charge on any atom is 0.330 e. The number of primary amides is 1. The van der Waals surface area contributed by atoms with Crippen molar-refractivity contribution in [2.75, 3.05) is 20.2 Å². The molecule has 3 fully saturated rings. The Morgan fingerprint density at radius 1 is 0.643 bits per heavy atom. The molecule has 676 valence electrons. The zero-order valence-corrected chi connectivity index (χ0v) is 71.2. The van der Waals surface area contributed by atoms with Crippen molar-refractivity contribution in [1.29, 1.82) is 0 Å². The van der Waals surface area contributed by atoms with Gasteiger partial charge >= 0.3 is 5.97 Å². The maximum absolute atomic E-state index is 16.4. The number of phenols is 3. The van der Waals surface area contributed by atoms with E-state index >= 15 is 24.0 Å². The Bertz CT molecular complexity index is 5310. The highest BCUT2D eigenvalue weighted by atomic mass is 35.5. The average Bonchev–Trinajstić information content (AvgIpc) is 0.874. The molecule has 0 saturated carbocycles. The van der Waals surface area contributed by atoms with E-state index in [4.69, 9.17) is 95.8 Å². The first-order valence-corrected chi connectivity index (χ1v) is 41.9. The van der Waals surface area contributed by atoms with Gasteiger partial charge in [-0.3, -0.25) is 33.6 Å². The molecule has 0 radical (unpaired) electrons. The minimum atomic E-state index is -2.43. The second-order valence-electron chi connectivity index (χ2n) is 31.9. The van der Waals surface area contributed by atoms with Crippen molar-refractivity contribution in [3.63, 3.8) is 0 Å². The van der Waals surface area contributed by atoms with Crippen molar-refractivity contribution in [2.45, 2.75) is 193 Å². The van der Waals surface area contributed by atoms with Crippen molar-refractivity contribution in [1.82, 2.24) is 42.5 Å². The number of hydrogen-bond acceptors (Lipinski definition) is 31. The SMILES string of the molecule is CN[C@H](CC(C)C)C(=O)NC1C(=O)NC(CC(N)=O)C(=O)N[C@H]2C(=O)NC3C(=O)N[C@H](C(=O)NC(C(=O)O)c4cc(O)cc(O)c4-c4cc3ccc4O)[C@H](OC3C[C@](C)(N)[C@@H](O)[C@H](C)O3)c3ccc(c(Cl)c3)Oc3cc2cc(c3O[C@@H]2O[C@H](CO)[C@@H](O[C@@H]3O[C@H](CNCc4ccc(-c5ccc(Cl)c(Cl)c5)s4)[C@H](O)[C@H](O)[C@H]3O)[C@H](O)[C@H]2O)Oc2ccc(cc2Cl)[C@H]1O. The zero-order chi connectivity index (χ0) is 91.1. The Balaban J connectivity index is 0.964. The number of rotatable bonds is 20. The first kappa shape index (κ1) is 93.7. The van der Waals surface area contributed by atoms with Gasteiger partial charge in [0.15, 0.2) is 30.1 Å². The molecular formula is C83H92Cl4N10O28S. The fraction of sp³-hybridized carbons (Fsp3) is 0.422. The summed E-state index contributed by atoms with van der Waals surface area (Å²) in [5.41, 5.74) is 8.77. The summed E-state index contributed by atoms with van der Waals surface area (Å²) in [6, 6.07) is 7.81. The fourth-order valence-electron chi connectivity index (χ4n) is 15.6. The highest BCUT2D eigenvalue weighted by molar-refractivity contribution is 7.15. The number of carboxylic acids is 1. The summed E-state index contributed by atoms with van der Waals surface area (Å²) in [7, 11) is 1.46. The van der Waals surface area contributed by atoms with Crippen LogP contribution in [0.1, 0.15) is 110 Å². The molecule has 11 bridgehead atoms. The molecule has 5 unspecified atom stereocenters. The Hall–Kier alpha value is -9.90. The number of carbonyl (C=O) groups is 8. The second kappa shape index (κ2) is 39.0. The Morgan fingerprint density at radius 3 is 1.93 bits per heavy atom. The number of likely N-dealkylation sites (N-methyl/N-ethyl adjacent to an activating group) is 1. The van der Waals surface area contributed by atoms with Crippen LogP contribution >= 0.6 is 57.7 Å². The quantitative estimate of drug-likeness (QED) is 0.0521. The number of amides is 7. The number of nitrogens with one attached hydrogen (secondary N) is 8. The number of fused-ring (bicyclic) bond motifs is 15. The molecule has 7 amide bonds. The molecule has 1 aromatic heterocycles. The van der Waals surface area contributed by atoms with Crippen LogP contribution in [0.3, 0.4) is 0 Å². The lowest BCUT2D eigenvalue weighted by Gasteiger charge is -2.46. The number of nitrogens with two attached hydrogens (primary N) is 2. The van der Waals surface area contributed by atoms with Crippen LogP contribution in [0.4, 0.5) is 0 Å². The van der Waals surface area contributed by atoms with Gasteiger partial charge < -0.3 is 153 Å². The predicted octanol–water partition coefficient (Wildman–Crippen LogP) is 2.76. The Kier molecular flexibility index (Phi) is 29.0. The van der Waals surface area contributed by atoms with E-state index in [1.54, 1.807) is 32.0 Å². The number of aliphatic hydroxyl groups is 8. The molecule has 6 aromatic carbocycles. The van der Waals surface area contributed by atoms with Gasteiger partial charge in [-0.05, 0) is 140 Å². The maximum atomic E-state index is 16.4. The molecule has 0 aliphatic carbocycles. The molecule has 0 spiro atoms. The van der Waals surface area contributed by atoms with Gasteiger partial charge in [0.1, 0.15) is 120 Å². The van der Waals surface area contributed by atoms with Crippen molar-refractivity contribution >= 4 is 105 Å². The van der Waals surface area contributed by atoms with E-state index in [9.17, 15) is 75.7 Å². The molecule has 43 heteroatoms. The number of aliphatic carboxylic acids is 1. The van der Waals surface area contributed by atoms with E-state index in [2.05, 4.69) is 42.5 Å². The summed E-state index contributed by atoms with van der Waals surface area (Å²) in [4.78, 5) is 122. The summed E-state index contributed by atoms with van der Waals surface area (Å²) >= 11 is 28.3. The number of carboxylic acid groups (broad SMARTS) is 1. The number of hydrogen-bond donors (Lipinski definition) is 22. The number of halogens is 4. The van der Waals surface area contributed by atoms with Gasteiger partial charge in [0.05, 0.1) is 51.4 Å². The van der Waals surface area contributed by atoms with Crippen molar-refractivity contribution in [3.8, 4) is 67.6 Å². The van der Waals surface area contributed by atoms with Crippen LogP contribution in [0, 0.1) is 5.92 Å². The number of aromatic hydroxyl groups is 3. The minimum Gasteiger partial charge on any atom is -0.508 e. The van der Waals surface area contributed by atoms with Crippen LogP contribution < -0.4 is 68.2 Å². The van der Waals surface area contributed by atoms with E-state index in [0.717, 1.165) is 82.0 Å².